The van der Waals surface area contributed by atoms with Crippen LogP contribution in [0.25, 0.3) is 0 Å². The quantitative estimate of drug-likeness (QED) is 0.761. The van der Waals surface area contributed by atoms with E-state index < -0.39 is 10.0 Å². The van der Waals surface area contributed by atoms with Gasteiger partial charge in [-0.25, -0.2) is 12.7 Å². The molecule has 25 heavy (non-hydrogen) atoms. The topological polar surface area (TPSA) is 88.5 Å². The fourth-order valence-electron chi connectivity index (χ4n) is 2.04. The van der Waals surface area contributed by atoms with E-state index in [0.29, 0.717) is 5.69 Å². The maximum absolute atomic E-state index is 12.0. The molecule has 1 amide bonds. The zero-order chi connectivity index (χ0) is 18.6. The van der Waals surface area contributed by atoms with Crippen LogP contribution in [0.3, 0.4) is 0 Å². The molecule has 0 saturated heterocycles. The normalized spacial score (nSPS) is 11.5. The van der Waals surface area contributed by atoms with E-state index in [2.05, 4.69) is 21.2 Å². The van der Waals surface area contributed by atoms with E-state index in [4.69, 9.17) is 0 Å². The second-order valence-electron chi connectivity index (χ2n) is 5.49. The van der Waals surface area contributed by atoms with Gasteiger partial charge in [0.15, 0.2) is 0 Å². The lowest BCUT2D eigenvalue weighted by Crippen LogP contribution is -2.22. The Labute approximate surface area is 154 Å². The number of sulfonamides is 1. The van der Waals surface area contributed by atoms with Crippen LogP contribution >= 0.6 is 15.9 Å². The number of aromatic nitrogens is 1. The zero-order valence-electron chi connectivity index (χ0n) is 13.8. The van der Waals surface area contributed by atoms with Gasteiger partial charge >= 0.3 is 0 Å². The zero-order valence-corrected chi connectivity index (χ0v) is 16.2. The molecule has 2 rings (SSSR count). The van der Waals surface area contributed by atoms with Gasteiger partial charge in [-0.05, 0) is 46.3 Å². The second kappa shape index (κ2) is 7.94. The predicted octanol–water partition coefficient (Wildman–Crippen LogP) is 1.89. The number of carbonyl (C=O) groups excluding carboxylic acids is 1. The maximum atomic E-state index is 12.0. The summed E-state index contributed by atoms with van der Waals surface area (Å²) in [6.45, 7) is 0.247. The third-order valence-corrected chi connectivity index (χ3v) is 5.74. The molecule has 1 N–H and O–H groups in total. The van der Waals surface area contributed by atoms with E-state index in [1.54, 1.807) is 12.3 Å². The fraction of sp³-hybridized carbons (Fsp3) is 0.250. The fourth-order valence-corrected chi connectivity index (χ4v) is 3.32. The molecular formula is C16H18BrN3O4S. The van der Waals surface area contributed by atoms with Crippen LogP contribution in [0.5, 0.6) is 0 Å². The Bertz CT molecular complexity index is 921. The Kier molecular flexibility index (Phi) is 6.15. The largest absolute Gasteiger partial charge is 0.326 e. The van der Waals surface area contributed by atoms with E-state index >= 15 is 0 Å². The van der Waals surface area contributed by atoms with Gasteiger partial charge in [-0.2, -0.15) is 0 Å². The number of anilines is 1. The van der Waals surface area contributed by atoms with Gasteiger partial charge < -0.3 is 9.88 Å². The molecule has 2 aromatic rings. The minimum atomic E-state index is -3.50. The van der Waals surface area contributed by atoms with Crippen LogP contribution in [0.15, 0.2) is 56.8 Å². The Morgan fingerprint density at radius 2 is 1.80 bits per heavy atom. The highest BCUT2D eigenvalue weighted by atomic mass is 79.9. The number of aryl methyl sites for hydroxylation is 1. The Morgan fingerprint density at radius 1 is 1.16 bits per heavy atom. The highest BCUT2D eigenvalue weighted by Gasteiger charge is 2.16. The van der Waals surface area contributed by atoms with Crippen LogP contribution in [0.1, 0.15) is 6.42 Å². The number of nitrogens with zero attached hydrogens (tertiary/aromatic N) is 2. The molecular weight excluding hydrogens is 410 g/mol. The molecule has 0 radical (unpaired) electrons. The summed E-state index contributed by atoms with van der Waals surface area (Å²) in [5.41, 5.74) is 0.304. The van der Waals surface area contributed by atoms with Crippen LogP contribution in [0.2, 0.25) is 0 Å². The third-order valence-electron chi connectivity index (χ3n) is 3.44. The minimum Gasteiger partial charge on any atom is -0.326 e. The number of hydrogen-bond acceptors (Lipinski definition) is 4. The monoisotopic (exact) mass is 427 g/mol. The molecule has 1 heterocycles. The average molecular weight is 428 g/mol. The van der Waals surface area contributed by atoms with Crippen molar-refractivity contribution in [2.75, 3.05) is 19.4 Å². The van der Waals surface area contributed by atoms with Gasteiger partial charge in [0.2, 0.25) is 15.9 Å². The summed E-state index contributed by atoms with van der Waals surface area (Å²) < 4.78 is 27.3. The van der Waals surface area contributed by atoms with Crippen molar-refractivity contribution >= 4 is 37.5 Å². The minimum absolute atomic E-state index is 0.119. The SMILES string of the molecule is CN(C)S(=O)(=O)c1ccc(NC(=O)CCn2cc(Br)ccc2=O)cc1. The van der Waals surface area contributed by atoms with Crippen molar-refractivity contribution in [1.29, 1.82) is 0 Å². The van der Waals surface area contributed by atoms with Crippen molar-refractivity contribution < 1.29 is 13.2 Å². The van der Waals surface area contributed by atoms with Crippen LogP contribution in [0.4, 0.5) is 5.69 Å². The van der Waals surface area contributed by atoms with Gasteiger partial charge in [0.05, 0.1) is 4.90 Å². The molecule has 0 bridgehead atoms. The van der Waals surface area contributed by atoms with Gasteiger partial charge in [0.25, 0.3) is 5.56 Å². The lowest BCUT2D eigenvalue weighted by Gasteiger charge is -2.12. The van der Waals surface area contributed by atoms with Gasteiger partial charge in [0, 0.05) is 49.5 Å². The lowest BCUT2D eigenvalue weighted by atomic mass is 10.3. The van der Waals surface area contributed by atoms with Gasteiger partial charge in [-0.1, -0.05) is 0 Å². The van der Waals surface area contributed by atoms with Crippen LogP contribution in [0, 0.1) is 0 Å². The number of rotatable bonds is 6. The lowest BCUT2D eigenvalue weighted by molar-refractivity contribution is -0.116. The Balaban J connectivity index is 1.99. The van der Waals surface area contributed by atoms with Crippen molar-refractivity contribution in [2.45, 2.75) is 17.9 Å². The molecule has 0 aliphatic heterocycles. The number of amides is 1. The molecule has 0 aliphatic carbocycles. The van der Waals surface area contributed by atoms with Gasteiger partial charge in [-0.3, -0.25) is 9.59 Å². The number of hydrogen-bond donors (Lipinski definition) is 1. The smallest absolute Gasteiger partial charge is 0.250 e. The summed E-state index contributed by atoms with van der Waals surface area (Å²) >= 11 is 3.28. The number of pyridine rings is 1. The number of benzene rings is 1. The first-order valence-corrected chi connectivity index (χ1v) is 9.62. The molecule has 0 fully saturated rings. The van der Waals surface area contributed by atoms with E-state index in [-0.39, 0.29) is 29.3 Å². The van der Waals surface area contributed by atoms with Crippen LogP contribution in [-0.2, 0) is 21.4 Å². The number of carbonyl (C=O) groups is 1. The summed E-state index contributed by atoms with van der Waals surface area (Å²) in [7, 11) is -0.593. The second-order valence-corrected chi connectivity index (χ2v) is 8.56. The molecule has 0 spiro atoms. The molecule has 134 valence electrons. The van der Waals surface area contributed by atoms with Crippen molar-refractivity contribution in [3.63, 3.8) is 0 Å². The van der Waals surface area contributed by atoms with E-state index in [1.807, 2.05) is 0 Å². The van der Waals surface area contributed by atoms with E-state index in [0.717, 1.165) is 8.78 Å². The van der Waals surface area contributed by atoms with Crippen molar-refractivity contribution in [3.8, 4) is 0 Å². The van der Waals surface area contributed by atoms with Crippen molar-refractivity contribution in [2.24, 2.45) is 0 Å². The standard InChI is InChI=1S/C16H18BrN3O4S/c1-19(2)25(23,24)14-6-4-13(5-7-14)18-15(21)9-10-20-11-12(17)3-8-16(20)22/h3-8,11H,9-10H2,1-2H3,(H,18,21). The molecule has 7 nitrogen and oxygen atoms in total. The number of halogens is 1. The summed E-state index contributed by atoms with van der Waals surface area (Å²) in [5.74, 6) is -0.268. The molecule has 0 aliphatic rings. The summed E-state index contributed by atoms with van der Waals surface area (Å²) in [5, 5.41) is 2.68. The molecule has 0 unspecified atom stereocenters. The molecule has 0 atom stereocenters. The highest BCUT2D eigenvalue weighted by Crippen LogP contribution is 2.16. The predicted molar refractivity (Wildman–Crippen MR) is 99.0 cm³/mol. The van der Waals surface area contributed by atoms with E-state index in [1.165, 1.54) is 49.0 Å². The van der Waals surface area contributed by atoms with Gasteiger partial charge in [-0.15, -0.1) is 0 Å². The Hall–Kier alpha value is -1.97. The summed E-state index contributed by atoms with van der Waals surface area (Å²) in [6.07, 6.45) is 1.74. The summed E-state index contributed by atoms with van der Waals surface area (Å²) in [4.78, 5) is 23.8. The van der Waals surface area contributed by atoms with Crippen LogP contribution < -0.4 is 10.9 Å². The van der Waals surface area contributed by atoms with Crippen LogP contribution in [-0.4, -0.2) is 37.3 Å². The molecule has 9 heteroatoms. The first-order valence-electron chi connectivity index (χ1n) is 7.38. The first kappa shape index (κ1) is 19.4. The van der Waals surface area contributed by atoms with Crippen molar-refractivity contribution in [3.05, 3.63) is 57.4 Å². The third kappa shape index (κ3) is 5.00. The molecule has 0 saturated carbocycles. The first-order chi connectivity index (χ1) is 11.7. The van der Waals surface area contributed by atoms with E-state index in [9.17, 15) is 18.0 Å². The maximum Gasteiger partial charge on any atom is 0.250 e. The molecule has 1 aromatic carbocycles. The summed E-state index contributed by atoms with van der Waals surface area (Å²) in [6, 6.07) is 8.99. The van der Waals surface area contributed by atoms with Gasteiger partial charge in [0.1, 0.15) is 0 Å². The highest BCUT2D eigenvalue weighted by molar-refractivity contribution is 9.10. The van der Waals surface area contributed by atoms with Crippen molar-refractivity contribution in [1.82, 2.24) is 8.87 Å². The molecule has 1 aromatic heterocycles. The Morgan fingerprint density at radius 3 is 2.40 bits per heavy atom. The number of nitrogens with one attached hydrogen (secondary N) is 1. The average Bonchev–Trinajstić information content (AvgIpc) is 2.56.